The van der Waals surface area contributed by atoms with E-state index in [9.17, 15) is 4.79 Å². The molecule has 0 aromatic heterocycles. The van der Waals surface area contributed by atoms with Crippen LogP contribution in [0.2, 0.25) is 0 Å². The molecule has 3 aromatic rings. The molecule has 0 N–H and O–H groups in total. The van der Waals surface area contributed by atoms with Gasteiger partial charge in [0.2, 0.25) is 5.91 Å². The van der Waals surface area contributed by atoms with Crippen molar-refractivity contribution < 1.29 is 9.63 Å². The van der Waals surface area contributed by atoms with Gasteiger partial charge in [0.05, 0.1) is 11.6 Å². The van der Waals surface area contributed by atoms with Gasteiger partial charge in [0.25, 0.3) is 0 Å². The molecule has 3 heteroatoms. The molecule has 0 heterocycles. The van der Waals surface area contributed by atoms with Crippen LogP contribution in [0.15, 0.2) is 85.5 Å². The third kappa shape index (κ3) is 5.83. The first-order chi connectivity index (χ1) is 14.8. The summed E-state index contributed by atoms with van der Waals surface area (Å²) < 4.78 is 0. The third-order valence-electron chi connectivity index (χ3n) is 5.34. The molecule has 3 aromatic carbocycles. The van der Waals surface area contributed by atoms with Gasteiger partial charge in [-0.05, 0) is 62.4 Å². The van der Waals surface area contributed by atoms with Crippen LogP contribution in [0.25, 0.3) is 10.8 Å². The summed E-state index contributed by atoms with van der Waals surface area (Å²) in [6.07, 6.45) is 3.07. The molecular weight excluding hydrogens is 382 g/mol. The standard InChI is InChI=1S/C28H33NO2/c1-6-13-24(20-22-14-8-7-9-15-22)27(30)29(31-28(3,4)5)21(2)25-19-12-17-23-16-10-11-18-26(23)25/h6-12,14-19,21,24H,1,13,20H2,2-5H3/t21-,24+/m1/s1. The Labute approximate surface area is 186 Å². The number of carbonyl (C=O) groups excluding carboxylic acids is 1. The summed E-state index contributed by atoms with van der Waals surface area (Å²) in [5.74, 6) is -0.251. The number of carbonyl (C=O) groups is 1. The number of amides is 1. The van der Waals surface area contributed by atoms with Crippen molar-refractivity contribution in [1.29, 1.82) is 0 Å². The summed E-state index contributed by atoms with van der Waals surface area (Å²) in [5.41, 5.74) is 1.71. The highest BCUT2D eigenvalue weighted by Crippen LogP contribution is 2.32. The quantitative estimate of drug-likeness (QED) is 0.296. The minimum atomic E-state index is -0.500. The number of hydrogen-bond acceptors (Lipinski definition) is 2. The maximum Gasteiger partial charge on any atom is 0.250 e. The highest BCUT2D eigenvalue weighted by atomic mass is 16.7. The molecule has 0 unspecified atom stereocenters. The minimum Gasteiger partial charge on any atom is -0.272 e. The van der Waals surface area contributed by atoms with Gasteiger partial charge < -0.3 is 0 Å². The Kier molecular flexibility index (Phi) is 7.29. The largest absolute Gasteiger partial charge is 0.272 e. The predicted molar refractivity (Wildman–Crippen MR) is 128 cm³/mol. The number of hydrogen-bond donors (Lipinski definition) is 0. The molecule has 1 amide bonds. The Hall–Kier alpha value is -2.91. The lowest BCUT2D eigenvalue weighted by Gasteiger charge is -2.36. The molecule has 31 heavy (non-hydrogen) atoms. The zero-order valence-electron chi connectivity index (χ0n) is 19.0. The van der Waals surface area contributed by atoms with Crippen molar-refractivity contribution in [3.63, 3.8) is 0 Å². The summed E-state index contributed by atoms with van der Waals surface area (Å²) in [6.45, 7) is 11.9. The smallest absolute Gasteiger partial charge is 0.250 e. The van der Waals surface area contributed by atoms with Gasteiger partial charge in [-0.2, -0.15) is 0 Å². The zero-order chi connectivity index (χ0) is 22.4. The molecule has 0 bridgehead atoms. The molecule has 2 atom stereocenters. The van der Waals surface area contributed by atoms with Gasteiger partial charge in [0, 0.05) is 5.92 Å². The molecule has 0 saturated carbocycles. The summed E-state index contributed by atoms with van der Waals surface area (Å²) in [6, 6.07) is 24.4. The van der Waals surface area contributed by atoms with Gasteiger partial charge in [-0.15, -0.1) is 6.58 Å². The van der Waals surface area contributed by atoms with Crippen molar-refractivity contribution in [2.75, 3.05) is 0 Å². The van der Waals surface area contributed by atoms with E-state index in [-0.39, 0.29) is 17.9 Å². The molecule has 0 aliphatic heterocycles. The van der Waals surface area contributed by atoms with Gasteiger partial charge in [0.15, 0.2) is 0 Å². The number of benzene rings is 3. The summed E-state index contributed by atoms with van der Waals surface area (Å²) in [4.78, 5) is 20.1. The normalized spacial score (nSPS) is 13.5. The Balaban J connectivity index is 1.98. The van der Waals surface area contributed by atoms with Crippen molar-refractivity contribution in [2.24, 2.45) is 5.92 Å². The molecule has 0 saturated heterocycles. The third-order valence-corrected chi connectivity index (χ3v) is 5.34. The average Bonchev–Trinajstić information content (AvgIpc) is 2.76. The van der Waals surface area contributed by atoms with Crippen molar-refractivity contribution in [1.82, 2.24) is 5.06 Å². The summed E-state index contributed by atoms with van der Waals surface area (Å²) in [5, 5.41) is 3.89. The van der Waals surface area contributed by atoms with Crippen molar-refractivity contribution in [3.05, 3.63) is 96.6 Å². The SMILES string of the molecule is C=CC[C@@H](Cc1ccccc1)C(=O)N(OC(C)(C)C)[C@H](C)c1cccc2ccccc12. The monoisotopic (exact) mass is 415 g/mol. The van der Waals surface area contributed by atoms with Crippen LogP contribution in [0, 0.1) is 5.92 Å². The second kappa shape index (κ2) is 9.93. The number of fused-ring (bicyclic) bond motifs is 1. The van der Waals surface area contributed by atoms with E-state index in [1.165, 1.54) is 0 Å². The van der Waals surface area contributed by atoms with E-state index in [1.807, 2.05) is 70.2 Å². The van der Waals surface area contributed by atoms with Crippen LogP contribution in [0.1, 0.15) is 51.3 Å². The highest BCUT2D eigenvalue weighted by Gasteiger charge is 2.32. The number of nitrogens with zero attached hydrogens (tertiary/aromatic N) is 1. The van der Waals surface area contributed by atoms with Crippen LogP contribution in [-0.4, -0.2) is 16.6 Å². The molecule has 0 radical (unpaired) electrons. The van der Waals surface area contributed by atoms with Crippen LogP contribution in [0.3, 0.4) is 0 Å². The maximum atomic E-state index is 13.8. The number of rotatable bonds is 8. The average molecular weight is 416 g/mol. The predicted octanol–water partition coefficient (Wildman–Crippen LogP) is 6.89. The first-order valence-corrected chi connectivity index (χ1v) is 10.9. The molecule has 0 aliphatic carbocycles. The van der Waals surface area contributed by atoms with E-state index in [1.54, 1.807) is 5.06 Å². The number of allylic oxidation sites excluding steroid dienone is 1. The van der Waals surface area contributed by atoms with Crippen molar-refractivity contribution >= 4 is 16.7 Å². The topological polar surface area (TPSA) is 29.5 Å². The zero-order valence-corrected chi connectivity index (χ0v) is 19.0. The van der Waals surface area contributed by atoms with Gasteiger partial charge in [-0.1, -0.05) is 78.9 Å². The second-order valence-corrected chi connectivity index (χ2v) is 9.02. The Bertz CT molecular complexity index is 1010. The van der Waals surface area contributed by atoms with E-state index >= 15 is 0 Å². The lowest BCUT2D eigenvalue weighted by molar-refractivity contribution is -0.245. The second-order valence-electron chi connectivity index (χ2n) is 9.02. The molecule has 162 valence electrons. The van der Waals surface area contributed by atoms with E-state index < -0.39 is 5.60 Å². The van der Waals surface area contributed by atoms with Crippen LogP contribution < -0.4 is 0 Å². The first-order valence-electron chi connectivity index (χ1n) is 10.9. The van der Waals surface area contributed by atoms with Crippen LogP contribution in [0.5, 0.6) is 0 Å². The fourth-order valence-electron chi connectivity index (χ4n) is 3.90. The van der Waals surface area contributed by atoms with Crippen molar-refractivity contribution in [2.45, 2.75) is 52.2 Å². The fourth-order valence-corrected chi connectivity index (χ4v) is 3.90. The van der Waals surface area contributed by atoms with Gasteiger partial charge in [-0.3, -0.25) is 9.63 Å². The van der Waals surface area contributed by atoms with E-state index in [0.717, 1.165) is 21.9 Å². The Morgan fingerprint density at radius 3 is 2.32 bits per heavy atom. The summed E-state index contributed by atoms with van der Waals surface area (Å²) in [7, 11) is 0. The van der Waals surface area contributed by atoms with Crippen LogP contribution in [0.4, 0.5) is 0 Å². The van der Waals surface area contributed by atoms with E-state index in [0.29, 0.717) is 12.8 Å². The van der Waals surface area contributed by atoms with E-state index in [2.05, 4.69) is 43.0 Å². The maximum absolute atomic E-state index is 13.8. The van der Waals surface area contributed by atoms with Crippen LogP contribution in [-0.2, 0) is 16.1 Å². The molecule has 3 nitrogen and oxygen atoms in total. The molecule has 0 aliphatic rings. The van der Waals surface area contributed by atoms with E-state index in [4.69, 9.17) is 4.84 Å². The van der Waals surface area contributed by atoms with Gasteiger partial charge in [-0.25, -0.2) is 5.06 Å². The lowest BCUT2D eigenvalue weighted by atomic mass is 9.93. The van der Waals surface area contributed by atoms with Crippen molar-refractivity contribution in [3.8, 4) is 0 Å². The van der Waals surface area contributed by atoms with Crippen LogP contribution >= 0.6 is 0 Å². The number of hydroxylamine groups is 2. The molecular formula is C28H33NO2. The van der Waals surface area contributed by atoms with Gasteiger partial charge in [0.1, 0.15) is 0 Å². The summed E-state index contributed by atoms with van der Waals surface area (Å²) >= 11 is 0. The molecule has 0 fully saturated rings. The molecule has 0 spiro atoms. The molecule has 3 rings (SSSR count). The minimum absolute atomic E-state index is 0.0147. The Morgan fingerprint density at radius 1 is 1.00 bits per heavy atom. The Morgan fingerprint density at radius 2 is 1.65 bits per heavy atom. The lowest BCUT2D eigenvalue weighted by Crippen LogP contribution is -2.43. The fraction of sp³-hybridized carbons (Fsp3) is 0.321. The van der Waals surface area contributed by atoms with Gasteiger partial charge >= 0.3 is 0 Å². The first kappa shape index (κ1) is 22.8. The highest BCUT2D eigenvalue weighted by molar-refractivity contribution is 5.87.